The molecule has 0 spiro atoms. The van der Waals surface area contributed by atoms with Gasteiger partial charge in [-0.15, -0.1) is 11.3 Å². The van der Waals surface area contributed by atoms with Crippen molar-refractivity contribution in [2.45, 2.75) is 31.6 Å². The highest BCUT2D eigenvalue weighted by Crippen LogP contribution is 2.30. The van der Waals surface area contributed by atoms with Crippen molar-refractivity contribution in [2.75, 3.05) is 26.7 Å². The summed E-state index contributed by atoms with van der Waals surface area (Å²) < 4.78 is 0. The Morgan fingerprint density at radius 1 is 1.69 bits per heavy atom. The molecule has 1 aromatic heterocycles. The van der Waals surface area contributed by atoms with Gasteiger partial charge in [-0.3, -0.25) is 0 Å². The lowest BCUT2D eigenvalue weighted by molar-refractivity contribution is 0.249. The second kappa shape index (κ2) is 5.25. The van der Waals surface area contributed by atoms with E-state index in [-0.39, 0.29) is 12.5 Å². The maximum absolute atomic E-state index is 9.11. The smallest absolute Gasteiger partial charge is 0.0972 e. The van der Waals surface area contributed by atoms with Crippen molar-refractivity contribution in [3.05, 3.63) is 16.1 Å². The van der Waals surface area contributed by atoms with Crippen LogP contribution in [0.1, 0.15) is 42.3 Å². The van der Waals surface area contributed by atoms with E-state index in [4.69, 9.17) is 5.11 Å². The maximum Gasteiger partial charge on any atom is 0.0972 e. The molecule has 16 heavy (non-hydrogen) atoms. The van der Waals surface area contributed by atoms with Crippen molar-refractivity contribution in [3.8, 4) is 0 Å². The Kier molecular flexibility index (Phi) is 3.95. The van der Waals surface area contributed by atoms with Gasteiger partial charge in [0.2, 0.25) is 0 Å². The first-order valence-corrected chi connectivity index (χ1v) is 6.83. The highest BCUT2D eigenvalue weighted by molar-refractivity contribution is 7.09. The molecule has 1 aliphatic heterocycles. The number of likely N-dealkylation sites (N-methyl/N-ethyl adjacent to an activating group) is 1. The third-order valence-electron chi connectivity index (χ3n) is 3.29. The van der Waals surface area contributed by atoms with Crippen LogP contribution in [0.25, 0.3) is 0 Å². The Morgan fingerprint density at radius 2 is 2.50 bits per heavy atom. The standard InChI is InChI=1S/C12H20N2OS/c1-9(7-15)11-8-16-12(13-11)10-4-3-5-14(2)6-10/h8-10,15H,3-7H2,1-2H3. The molecule has 1 aliphatic rings. The number of hydrogen-bond donors (Lipinski definition) is 1. The summed E-state index contributed by atoms with van der Waals surface area (Å²) in [5.74, 6) is 0.773. The second-order valence-corrected chi connectivity index (χ2v) is 5.69. The van der Waals surface area contributed by atoms with E-state index in [2.05, 4.69) is 22.3 Å². The molecule has 2 rings (SSSR count). The summed E-state index contributed by atoms with van der Waals surface area (Å²) >= 11 is 1.75. The number of hydrogen-bond acceptors (Lipinski definition) is 4. The fourth-order valence-electron chi connectivity index (χ4n) is 2.18. The zero-order chi connectivity index (χ0) is 11.5. The van der Waals surface area contributed by atoms with Crippen LogP contribution in [0.3, 0.4) is 0 Å². The molecular weight excluding hydrogens is 220 g/mol. The highest BCUT2D eigenvalue weighted by atomic mass is 32.1. The van der Waals surface area contributed by atoms with Crippen LogP contribution in [-0.4, -0.2) is 41.7 Å². The summed E-state index contributed by atoms with van der Waals surface area (Å²) in [7, 11) is 2.18. The average Bonchev–Trinajstić information content (AvgIpc) is 2.77. The lowest BCUT2D eigenvalue weighted by Crippen LogP contribution is -2.30. The summed E-state index contributed by atoms with van der Waals surface area (Å²) in [4.78, 5) is 7.05. The predicted octanol–water partition coefficient (Wildman–Crippen LogP) is 2.05. The van der Waals surface area contributed by atoms with Crippen LogP contribution in [0.15, 0.2) is 5.38 Å². The van der Waals surface area contributed by atoms with Gasteiger partial charge in [-0.25, -0.2) is 4.98 Å². The molecule has 0 aromatic carbocycles. The minimum absolute atomic E-state index is 0.173. The second-order valence-electron chi connectivity index (χ2n) is 4.80. The number of nitrogens with zero attached hydrogens (tertiary/aromatic N) is 2. The fraction of sp³-hybridized carbons (Fsp3) is 0.750. The lowest BCUT2D eigenvalue weighted by atomic mass is 9.99. The zero-order valence-electron chi connectivity index (χ0n) is 10.0. The van der Waals surface area contributed by atoms with Crippen LogP contribution < -0.4 is 0 Å². The first-order valence-electron chi connectivity index (χ1n) is 5.95. The van der Waals surface area contributed by atoms with E-state index in [0.717, 1.165) is 12.2 Å². The van der Waals surface area contributed by atoms with Crippen molar-refractivity contribution in [2.24, 2.45) is 0 Å². The number of aromatic nitrogens is 1. The van der Waals surface area contributed by atoms with Crippen molar-refractivity contribution in [1.82, 2.24) is 9.88 Å². The number of aliphatic hydroxyl groups is 1. The van der Waals surface area contributed by atoms with E-state index in [9.17, 15) is 0 Å². The molecule has 0 amide bonds. The van der Waals surface area contributed by atoms with Crippen LogP contribution >= 0.6 is 11.3 Å². The molecule has 3 nitrogen and oxygen atoms in total. The van der Waals surface area contributed by atoms with Gasteiger partial charge >= 0.3 is 0 Å². The van der Waals surface area contributed by atoms with Crippen LogP contribution in [0, 0.1) is 0 Å². The van der Waals surface area contributed by atoms with Crippen molar-refractivity contribution >= 4 is 11.3 Å². The van der Waals surface area contributed by atoms with Gasteiger partial charge in [0.25, 0.3) is 0 Å². The number of thiazole rings is 1. The van der Waals surface area contributed by atoms with Crippen LogP contribution in [0.4, 0.5) is 0 Å². The minimum atomic E-state index is 0.173. The van der Waals surface area contributed by atoms with Crippen molar-refractivity contribution in [1.29, 1.82) is 0 Å². The van der Waals surface area contributed by atoms with Crippen LogP contribution in [0.2, 0.25) is 0 Å². The van der Waals surface area contributed by atoms with E-state index in [1.165, 1.54) is 24.4 Å². The van der Waals surface area contributed by atoms with Gasteiger partial charge in [0.1, 0.15) is 0 Å². The van der Waals surface area contributed by atoms with Gasteiger partial charge in [-0.2, -0.15) is 0 Å². The van der Waals surface area contributed by atoms with E-state index >= 15 is 0 Å². The molecule has 2 atom stereocenters. The van der Waals surface area contributed by atoms with Crippen molar-refractivity contribution < 1.29 is 5.11 Å². The molecule has 4 heteroatoms. The van der Waals surface area contributed by atoms with E-state index < -0.39 is 0 Å². The Balaban J connectivity index is 2.06. The predicted molar refractivity (Wildman–Crippen MR) is 67.1 cm³/mol. The first kappa shape index (κ1) is 12.0. The Bertz CT molecular complexity index is 340. The zero-order valence-corrected chi connectivity index (χ0v) is 10.8. The number of aliphatic hydroxyl groups excluding tert-OH is 1. The molecule has 1 aromatic rings. The van der Waals surface area contributed by atoms with Crippen LogP contribution in [0.5, 0.6) is 0 Å². The van der Waals surface area contributed by atoms with Gasteiger partial charge in [0.05, 0.1) is 17.3 Å². The van der Waals surface area contributed by atoms with E-state index in [0.29, 0.717) is 5.92 Å². The molecule has 0 saturated carbocycles. The molecule has 1 saturated heterocycles. The average molecular weight is 240 g/mol. The van der Waals surface area contributed by atoms with Crippen LogP contribution in [-0.2, 0) is 0 Å². The molecule has 1 fully saturated rings. The molecule has 0 aliphatic carbocycles. The normalized spacial score (nSPS) is 24.6. The lowest BCUT2D eigenvalue weighted by Gasteiger charge is -2.28. The van der Waals surface area contributed by atoms with Gasteiger partial charge in [0.15, 0.2) is 0 Å². The van der Waals surface area contributed by atoms with E-state index in [1.54, 1.807) is 11.3 Å². The Labute approximate surface area is 101 Å². The number of piperidine rings is 1. The molecule has 1 N–H and O–H groups in total. The highest BCUT2D eigenvalue weighted by Gasteiger charge is 2.22. The summed E-state index contributed by atoms with van der Waals surface area (Å²) in [6.45, 7) is 4.54. The number of likely N-dealkylation sites (tertiary alicyclic amines) is 1. The Morgan fingerprint density at radius 3 is 3.19 bits per heavy atom. The maximum atomic E-state index is 9.11. The third-order valence-corrected chi connectivity index (χ3v) is 4.32. The van der Waals surface area contributed by atoms with Gasteiger partial charge in [0, 0.05) is 23.8 Å². The minimum Gasteiger partial charge on any atom is -0.396 e. The molecular formula is C12H20N2OS. The third kappa shape index (κ3) is 2.62. The fourth-order valence-corrected chi connectivity index (χ4v) is 3.25. The summed E-state index contributed by atoms with van der Waals surface area (Å²) in [5.41, 5.74) is 1.05. The summed E-state index contributed by atoms with van der Waals surface area (Å²) in [6, 6.07) is 0. The monoisotopic (exact) mass is 240 g/mol. The SMILES string of the molecule is CC(CO)c1csc(C2CCCN(C)C2)n1. The molecule has 2 heterocycles. The molecule has 2 unspecified atom stereocenters. The van der Waals surface area contributed by atoms with E-state index in [1.807, 2.05) is 6.92 Å². The molecule has 0 radical (unpaired) electrons. The molecule has 0 bridgehead atoms. The quantitative estimate of drug-likeness (QED) is 0.878. The summed E-state index contributed by atoms with van der Waals surface area (Å²) in [6.07, 6.45) is 2.52. The largest absolute Gasteiger partial charge is 0.396 e. The number of rotatable bonds is 3. The molecule has 90 valence electrons. The van der Waals surface area contributed by atoms with Gasteiger partial charge < -0.3 is 10.0 Å². The summed E-state index contributed by atoms with van der Waals surface area (Å²) in [5, 5.41) is 12.5. The van der Waals surface area contributed by atoms with Gasteiger partial charge in [-0.05, 0) is 26.4 Å². The van der Waals surface area contributed by atoms with Gasteiger partial charge in [-0.1, -0.05) is 6.92 Å². The first-order chi connectivity index (χ1) is 7.70. The van der Waals surface area contributed by atoms with Crippen molar-refractivity contribution in [3.63, 3.8) is 0 Å². The Hall–Kier alpha value is -0.450. The topological polar surface area (TPSA) is 36.4 Å².